The largest absolute Gasteiger partial charge is 0.314 e. The van der Waals surface area contributed by atoms with Crippen molar-refractivity contribution < 1.29 is 14.4 Å². The van der Waals surface area contributed by atoms with Crippen molar-refractivity contribution in [3.8, 4) is 0 Å². The van der Waals surface area contributed by atoms with Crippen LogP contribution in [0.3, 0.4) is 0 Å². The van der Waals surface area contributed by atoms with E-state index in [2.05, 4.69) is 0 Å². The van der Waals surface area contributed by atoms with Gasteiger partial charge in [0.1, 0.15) is 5.66 Å². The zero-order chi connectivity index (χ0) is 14.8. The molecule has 3 heterocycles. The molecule has 108 valence electrons. The van der Waals surface area contributed by atoms with Gasteiger partial charge in [-0.1, -0.05) is 18.2 Å². The molecular formula is C15H15N3O3. The first-order chi connectivity index (χ1) is 10.1. The van der Waals surface area contributed by atoms with Gasteiger partial charge in [0.15, 0.2) is 0 Å². The van der Waals surface area contributed by atoms with E-state index in [-0.39, 0.29) is 24.1 Å². The average Bonchev–Trinajstić information content (AvgIpc) is 2.90. The number of fused-ring (bicyclic) bond motifs is 1. The van der Waals surface area contributed by atoms with Crippen LogP contribution in [0, 0.1) is 0 Å². The van der Waals surface area contributed by atoms with E-state index in [1.54, 1.807) is 16.0 Å². The second kappa shape index (κ2) is 3.92. The number of rotatable bonds is 0. The molecule has 6 nitrogen and oxygen atoms in total. The van der Waals surface area contributed by atoms with Gasteiger partial charge in [0, 0.05) is 31.1 Å². The Morgan fingerprint density at radius 2 is 1.95 bits per heavy atom. The van der Waals surface area contributed by atoms with Gasteiger partial charge in [-0.3, -0.25) is 14.4 Å². The molecule has 1 atom stereocenters. The molecule has 1 aromatic rings. The lowest BCUT2D eigenvalue weighted by molar-refractivity contribution is -0.172. The maximum atomic E-state index is 12.6. The Morgan fingerprint density at radius 3 is 2.71 bits per heavy atom. The SMILES string of the molecule is CC(=O)N1C(=O)C[C@@]23c4ccccc4C(=O)N2CCCN13. The van der Waals surface area contributed by atoms with Gasteiger partial charge in [-0.15, -0.1) is 0 Å². The van der Waals surface area contributed by atoms with Crippen molar-refractivity contribution in [2.45, 2.75) is 25.4 Å². The second-order valence-electron chi connectivity index (χ2n) is 5.70. The number of imide groups is 1. The van der Waals surface area contributed by atoms with Crippen molar-refractivity contribution in [2.24, 2.45) is 0 Å². The fraction of sp³-hybridized carbons (Fsp3) is 0.400. The van der Waals surface area contributed by atoms with E-state index in [1.165, 1.54) is 11.9 Å². The molecule has 2 fully saturated rings. The molecule has 21 heavy (non-hydrogen) atoms. The van der Waals surface area contributed by atoms with E-state index in [9.17, 15) is 14.4 Å². The summed E-state index contributed by atoms with van der Waals surface area (Å²) < 4.78 is 0. The van der Waals surface area contributed by atoms with Crippen molar-refractivity contribution >= 4 is 17.7 Å². The van der Waals surface area contributed by atoms with Crippen LogP contribution in [0.1, 0.15) is 35.7 Å². The van der Waals surface area contributed by atoms with Gasteiger partial charge < -0.3 is 4.90 Å². The summed E-state index contributed by atoms with van der Waals surface area (Å²) in [7, 11) is 0. The maximum absolute atomic E-state index is 12.6. The first-order valence-corrected chi connectivity index (χ1v) is 7.10. The van der Waals surface area contributed by atoms with E-state index in [4.69, 9.17) is 0 Å². The molecule has 0 saturated carbocycles. The molecule has 0 bridgehead atoms. The third kappa shape index (κ3) is 1.33. The van der Waals surface area contributed by atoms with Crippen LogP contribution in [0.5, 0.6) is 0 Å². The summed E-state index contributed by atoms with van der Waals surface area (Å²) in [6, 6.07) is 7.39. The lowest BCUT2D eigenvalue weighted by atomic mass is 9.94. The van der Waals surface area contributed by atoms with Gasteiger partial charge in [-0.25, -0.2) is 5.01 Å². The Balaban J connectivity index is 1.96. The van der Waals surface area contributed by atoms with E-state index >= 15 is 0 Å². The van der Waals surface area contributed by atoms with Gasteiger partial charge in [0.05, 0.1) is 6.42 Å². The molecule has 3 aliphatic heterocycles. The smallest absolute Gasteiger partial charge is 0.256 e. The highest BCUT2D eigenvalue weighted by Crippen LogP contribution is 2.50. The summed E-state index contributed by atoms with van der Waals surface area (Å²) in [5, 5.41) is 2.99. The monoisotopic (exact) mass is 285 g/mol. The standard InChI is InChI=1S/C15H15N3O3/c1-10(19)18-13(20)9-15-12-6-3-2-5-11(12)14(21)16(15)7-4-8-17(15)18/h2-3,5-6H,4,7-9H2,1H3/t15-/m1/s1. The topological polar surface area (TPSA) is 60.9 Å². The van der Waals surface area contributed by atoms with Crippen molar-refractivity contribution in [2.75, 3.05) is 13.1 Å². The molecule has 0 aliphatic carbocycles. The van der Waals surface area contributed by atoms with Crippen molar-refractivity contribution in [1.29, 1.82) is 0 Å². The van der Waals surface area contributed by atoms with Crippen LogP contribution in [0.2, 0.25) is 0 Å². The Kier molecular flexibility index (Phi) is 2.34. The van der Waals surface area contributed by atoms with Crippen LogP contribution < -0.4 is 0 Å². The number of amides is 3. The first kappa shape index (κ1) is 12.5. The molecule has 1 spiro atoms. The zero-order valence-corrected chi connectivity index (χ0v) is 11.7. The predicted octanol–water partition coefficient (Wildman–Crippen LogP) is 0.695. The normalized spacial score (nSPS) is 27.7. The highest BCUT2D eigenvalue weighted by molar-refractivity contribution is 6.03. The molecular weight excluding hydrogens is 270 g/mol. The molecule has 2 saturated heterocycles. The number of hydrogen-bond donors (Lipinski definition) is 0. The number of carbonyl (C=O) groups is 3. The molecule has 4 rings (SSSR count). The zero-order valence-electron chi connectivity index (χ0n) is 11.7. The highest BCUT2D eigenvalue weighted by atomic mass is 16.2. The predicted molar refractivity (Wildman–Crippen MR) is 72.6 cm³/mol. The number of benzene rings is 1. The van der Waals surface area contributed by atoms with Crippen LogP contribution in [0.4, 0.5) is 0 Å². The van der Waals surface area contributed by atoms with Crippen molar-refractivity contribution in [3.63, 3.8) is 0 Å². The van der Waals surface area contributed by atoms with Crippen molar-refractivity contribution in [3.05, 3.63) is 35.4 Å². The third-order valence-corrected chi connectivity index (χ3v) is 4.63. The van der Waals surface area contributed by atoms with E-state index in [0.29, 0.717) is 18.7 Å². The summed E-state index contributed by atoms with van der Waals surface area (Å²) in [6.07, 6.45) is 0.897. The first-order valence-electron chi connectivity index (χ1n) is 7.10. The minimum Gasteiger partial charge on any atom is -0.314 e. The van der Waals surface area contributed by atoms with Gasteiger partial charge >= 0.3 is 0 Å². The molecule has 1 aromatic carbocycles. The van der Waals surface area contributed by atoms with E-state index in [0.717, 1.165) is 12.0 Å². The van der Waals surface area contributed by atoms with Crippen LogP contribution >= 0.6 is 0 Å². The lowest BCUT2D eigenvalue weighted by Gasteiger charge is -2.47. The molecule has 6 heteroatoms. The van der Waals surface area contributed by atoms with Gasteiger partial charge in [0.2, 0.25) is 11.8 Å². The molecule has 3 amide bonds. The maximum Gasteiger partial charge on any atom is 0.256 e. The minimum absolute atomic E-state index is 0.0477. The number of hydrazine groups is 1. The minimum atomic E-state index is -0.797. The average molecular weight is 285 g/mol. The lowest BCUT2D eigenvalue weighted by Crippen LogP contribution is -2.61. The molecule has 0 aromatic heterocycles. The van der Waals surface area contributed by atoms with Crippen LogP contribution in [0.25, 0.3) is 0 Å². The highest BCUT2D eigenvalue weighted by Gasteiger charge is 2.63. The summed E-state index contributed by atoms with van der Waals surface area (Å²) in [5.74, 6) is -0.581. The summed E-state index contributed by atoms with van der Waals surface area (Å²) in [4.78, 5) is 38.6. The van der Waals surface area contributed by atoms with Crippen molar-refractivity contribution in [1.82, 2.24) is 14.9 Å². The third-order valence-electron chi connectivity index (χ3n) is 4.63. The Hall–Kier alpha value is -2.21. The van der Waals surface area contributed by atoms with Gasteiger partial charge in [0.25, 0.3) is 5.91 Å². The molecule has 0 radical (unpaired) electrons. The van der Waals surface area contributed by atoms with Gasteiger partial charge in [-0.05, 0) is 12.5 Å². The van der Waals surface area contributed by atoms with E-state index < -0.39 is 5.66 Å². The number of carbonyl (C=O) groups excluding carboxylic acids is 3. The second-order valence-corrected chi connectivity index (χ2v) is 5.70. The molecule has 0 unspecified atom stereocenters. The summed E-state index contributed by atoms with van der Waals surface area (Å²) >= 11 is 0. The summed E-state index contributed by atoms with van der Waals surface area (Å²) in [6.45, 7) is 2.60. The number of nitrogens with zero attached hydrogens (tertiary/aromatic N) is 3. The quantitative estimate of drug-likeness (QED) is 0.704. The Bertz CT molecular complexity index is 686. The molecule has 0 N–H and O–H groups in total. The number of hydrogen-bond acceptors (Lipinski definition) is 4. The fourth-order valence-electron chi connectivity index (χ4n) is 3.92. The van der Waals surface area contributed by atoms with E-state index in [1.807, 2.05) is 18.2 Å². The van der Waals surface area contributed by atoms with Crippen LogP contribution in [-0.4, -0.2) is 45.7 Å². The Labute approximate surface area is 121 Å². The van der Waals surface area contributed by atoms with Crippen LogP contribution in [-0.2, 0) is 15.3 Å². The van der Waals surface area contributed by atoms with Crippen LogP contribution in [0.15, 0.2) is 24.3 Å². The summed E-state index contributed by atoms with van der Waals surface area (Å²) in [5.41, 5.74) is 0.684. The molecule has 3 aliphatic rings. The van der Waals surface area contributed by atoms with Gasteiger partial charge in [-0.2, -0.15) is 5.01 Å². The fourth-order valence-corrected chi connectivity index (χ4v) is 3.92. The Morgan fingerprint density at radius 1 is 1.19 bits per heavy atom.